The average Bonchev–Trinajstić information content (AvgIpc) is 1.88. The van der Waals surface area contributed by atoms with Crippen LogP contribution in [0.1, 0.15) is 11.1 Å². The van der Waals surface area contributed by atoms with E-state index in [-0.39, 0.29) is 55.4 Å². The summed E-state index contributed by atoms with van der Waals surface area (Å²) in [5.74, 6) is 0.125. The van der Waals surface area contributed by atoms with Crippen LogP contribution in [0.15, 0.2) is 24.3 Å². The van der Waals surface area contributed by atoms with Gasteiger partial charge in [-0.1, -0.05) is 29.8 Å². The second-order valence-corrected chi connectivity index (χ2v) is 2.28. The van der Waals surface area contributed by atoms with Gasteiger partial charge in [-0.2, -0.15) is 0 Å². The fourth-order valence-corrected chi connectivity index (χ4v) is 0.733. The molecule has 0 atom stereocenters. The van der Waals surface area contributed by atoms with Crippen molar-refractivity contribution in [3.63, 3.8) is 0 Å². The monoisotopic (exact) mass is 379 g/mol. The van der Waals surface area contributed by atoms with Crippen molar-refractivity contribution in [2.45, 2.75) is 6.92 Å². The Balaban J connectivity index is 0. The molecular weight excluding hydrogens is 367 g/mol. The molecule has 1 aromatic rings. The second-order valence-electron chi connectivity index (χ2n) is 2.28. The van der Waals surface area contributed by atoms with Gasteiger partial charge in [0.2, 0.25) is 0 Å². The number of amidine groups is 1. The second kappa shape index (κ2) is 6.59. The Morgan fingerprint density at radius 3 is 2.00 bits per heavy atom. The Labute approximate surface area is 108 Å². The minimum atomic E-state index is 0. The summed E-state index contributed by atoms with van der Waals surface area (Å²) in [5, 5.41) is 7.08. The van der Waals surface area contributed by atoms with Gasteiger partial charge in [0.25, 0.3) is 0 Å². The summed E-state index contributed by atoms with van der Waals surface area (Å²) in [6.07, 6.45) is 0. The zero-order valence-corrected chi connectivity index (χ0v) is 11.7. The topological polar surface area (TPSA) is 81.4 Å². The van der Waals surface area contributed by atoms with E-state index < -0.39 is 0 Å². The van der Waals surface area contributed by atoms with E-state index in [9.17, 15) is 0 Å². The predicted octanol–water partition coefficient (Wildman–Crippen LogP) is 0.454. The summed E-state index contributed by atoms with van der Waals surface area (Å²) in [5.41, 5.74) is 7.22. The van der Waals surface area contributed by atoms with Gasteiger partial charge in [-0.3, -0.25) is 5.41 Å². The molecule has 0 aliphatic rings. The molecule has 3 nitrogen and oxygen atoms in total. The van der Waals surface area contributed by atoms with Gasteiger partial charge in [-0.05, 0) is 6.92 Å². The van der Waals surface area contributed by atoms with Crippen molar-refractivity contribution in [2.75, 3.05) is 0 Å². The Kier molecular flexibility index (Phi) is 8.02. The van der Waals surface area contributed by atoms with E-state index in [4.69, 9.17) is 11.1 Å². The van der Waals surface area contributed by atoms with Gasteiger partial charge < -0.3 is 11.2 Å². The Morgan fingerprint density at radius 2 is 1.67 bits per heavy atom. The molecule has 0 heterocycles. The molecule has 4 heteroatoms. The maximum Gasteiger partial charge on any atom is 0.122 e. The SMILES string of the molecule is Cc1ccc(C(=N)N)cc1.O.[Ac]. The number of rotatable bonds is 1. The van der Waals surface area contributed by atoms with Crippen molar-refractivity contribution >= 4 is 5.84 Å². The van der Waals surface area contributed by atoms with Crippen LogP contribution in [0.3, 0.4) is 0 Å². The zero-order chi connectivity index (χ0) is 7.56. The normalized spacial score (nSPS) is 7.75. The van der Waals surface area contributed by atoms with Crippen LogP contribution in [0.5, 0.6) is 0 Å². The van der Waals surface area contributed by atoms with Crippen molar-refractivity contribution in [3.05, 3.63) is 35.4 Å². The number of nitrogens with two attached hydrogens (primary N) is 1. The Morgan fingerprint density at radius 1 is 1.25 bits per heavy atom. The first-order valence-corrected chi connectivity index (χ1v) is 3.11. The molecule has 0 saturated heterocycles. The standard InChI is InChI=1S/C8H10N2.Ac.H2O/c1-6-2-4-7(5-3-6)8(9)10;;/h2-5H,1H3,(H3,9,10);;1H2. The summed E-state index contributed by atoms with van der Waals surface area (Å²) in [7, 11) is 0. The van der Waals surface area contributed by atoms with Gasteiger partial charge in [0.1, 0.15) is 5.84 Å². The third-order valence-corrected chi connectivity index (χ3v) is 1.36. The third kappa shape index (κ3) is 4.20. The molecule has 12 heavy (non-hydrogen) atoms. The fraction of sp³-hybridized carbons (Fsp3) is 0.125. The van der Waals surface area contributed by atoms with Crippen LogP contribution in [0.25, 0.3) is 0 Å². The summed E-state index contributed by atoms with van der Waals surface area (Å²) in [6, 6.07) is 7.57. The van der Waals surface area contributed by atoms with Gasteiger partial charge in [-0.25, -0.2) is 0 Å². The van der Waals surface area contributed by atoms with Crippen molar-refractivity contribution in [2.24, 2.45) is 5.73 Å². The molecule has 0 amide bonds. The summed E-state index contributed by atoms with van der Waals surface area (Å²) in [4.78, 5) is 0. The average molecular weight is 379 g/mol. The van der Waals surface area contributed by atoms with Gasteiger partial charge in [0.15, 0.2) is 0 Å². The molecule has 0 fully saturated rings. The minimum absolute atomic E-state index is 0. The molecule has 0 aromatic heterocycles. The van der Waals surface area contributed by atoms with Gasteiger partial charge in [0.05, 0.1) is 0 Å². The largest absolute Gasteiger partial charge is 0.412 e. The fourth-order valence-electron chi connectivity index (χ4n) is 0.733. The van der Waals surface area contributed by atoms with E-state index in [1.807, 2.05) is 31.2 Å². The number of hydrogen-bond acceptors (Lipinski definition) is 1. The molecule has 0 saturated carbocycles. The smallest absolute Gasteiger partial charge is 0.122 e. The van der Waals surface area contributed by atoms with Crippen LogP contribution in [0.4, 0.5) is 0 Å². The maximum atomic E-state index is 7.08. The van der Waals surface area contributed by atoms with E-state index in [0.29, 0.717) is 0 Å². The molecule has 0 aliphatic heterocycles. The third-order valence-electron chi connectivity index (χ3n) is 1.36. The maximum absolute atomic E-state index is 7.08. The molecule has 1 rings (SSSR count). The predicted molar refractivity (Wildman–Crippen MR) is 45.8 cm³/mol. The van der Waals surface area contributed by atoms with Crippen LogP contribution < -0.4 is 5.73 Å². The van der Waals surface area contributed by atoms with Gasteiger partial charge in [0, 0.05) is 49.6 Å². The van der Waals surface area contributed by atoms with E-state index in [2.05, 4.69) is 0 Å². The van der Waals surface area contributed by atoms with E-state index in [1.54, 1.807) is 0 Å². The first-order chi connectivity index (χ1) is 4.70. The quantitative estimate of drug-likeness (QED) is 0.540. The Hall–Kier alpha value is 0.0916. The van der Waals surface area contributed by atoms with Crippen LogP contribution in [-0.2, 0) is 0 Å². The van der Waals surface area contributed by atoms with Crippen LogP contribution >= 0.6 is 0 Å². The molecule has 1 radical (unpaired) electrons. The number of nitrogens with one attached hydrogen (secondary N) is 1. The summed E-state index contributed by atoms with van der Waals surface area (Å²) >= 11 is 0. The molecular formula is C8H12AcN2O. The molecule has 63 valence electrons. The number of hydrogen-bond donors (Lipinski definition) is 2. The summed E-state index contributed by atoms with van der Waals surface area (Å²) < 4.78 is 0. The molecule has 5 N–H and O–H groups in total. The number of benzene rings is 1. The van der Waals surface area contributed by atoms with Crippen molar-refractivity contribution in [3.8, 4) is 0 Å². The van der Waals surface area contributed by atoms with Crippen LogP contribution in [0, 0.1) is 56.4 Å². The van der Waals surface area contributed by atoms with Gasteiger partial charge in [-0.15, -0.1) is 0 Å². The Bertz CT molecular complexity index is 246. The van der Waals surface area contributed by atoms with Crippen LogP contribution in [0.2, 0.25) is 0 Å². The van der Waals surface area contributed by atoms with E-state index in [1.165, 1.54) is 5.56 Å². The van der Waals surface area contributed by atoms with Crippen LogP contribution in [-0.4, -0.2) is 11.3 Å². The van der Waals surface area contributed by atoms with E-state index in [0.717, 1.165) is 5.56 Å². The summed E-state index contributed by atoms with van der Waals surface area (Å²) in [6.45, 7) is 2.00. The van der Waals surface area contributed by atoms with Gasteiger partial charge >= 0.3 is 0 Å². The number of aryl methyl sites for hydroxylation is 1. The molecule has 1 aromatic carbocycles. The van der Waals surface area contributed by atoms with Crippen molar-refractivity contribution in [1.29, 1.82) is 5.41 Å². The minimum Gasteiger partial charge on any atom is -0.412 e. The number of nitrogen functional groups attached to an aromatic ring is 1. The van der Waals surface area contributed by atoms with Crippen molar-refractivity contribution in [1.82, 2.24) is 0 Å². The first-order valence-electron chi connectivity index (χ1n) is 3.11. The van der Waals surface area contributed by atoms with Crippen molar-refractivity contribution < 1.29 is 49.5 Å². The molecule has 0 aliphatic carbocycles. The molecule has 0 spiro atoms. The molecule has 0 unspecified atom stereocenters. The first kappa shape index (κ1) is 14.6. The molecule has 0 bridgehead atoms. The zero-order valence-electron chi connectivity index (χ0n) is 6.96. The van der Waals surface area contributed by atoms with E-state index >= 15 is 0 Å².